The molecule has 2 rings (SSSR count). The number of rotatable bonds is 1. The van der Waals surface area contributed by atoms with Crippen molar-refractivity contribution in [2.75, 3.05) is 0 Å². The van der Waals surface area contributed by atoms with E-state index in [2.05, 4.69) is 4.94 Å². The summed E-state index contributed by atoms with van der Waals surface area (Å²) >= 11 is 0. The van der Waals surface area contributed by atoms with Crippen molar-refractivity contribution in [3.05, 3.63) is 28.2 Å². The topological polar surface area (TPSA) is 68.5 Å². The number of aromatic nitrogens is 1. The number of halogens is 1. The molecule has 1 unspecified atom stereocenters. The first-order chi connectivity index (χ1) is 7.13. The highest BCUT2D eigenvalue weighted by atomic mass is 19.3. The second-order valence-electron chi connectivity index (χ2n) is 3.36. The highest BCUT2D eigenvalue weighted by molar-refractivity contribution is 5.74. The normalized spacial score (nSPS) is 18.6. The van der Waals surface area contributed by atoms with E-state index in [1.807, 2.05) is 0 Å². The van der Waals surface area contributed by atoms with Gasteiger partial charge in [-0.05, 0) is 18.9 Å². The number of hydrogen-bond acceptors (Lipinski definition) is 4. The molecule has 15 heavy (non-hydrogen) atoms. The number of fused-ring (bicyclic) bond motifs is 1. The molecule has 0 saturated heterocycles. The standard InChI is InChI=1S/C9H8FNO4/c10-15-9(14)7-2-1-5-3-6(12)4-8(13)11(5)7/h3-4,7,12H,1-2H2. The minimum atomic E-state index is -1.08. The molecule has 1 atom stereocenters. The highest BCUT2D eigenvalue weighted by Gasteiger charge is 2.31. The van der Waals surface area contributed by atoms with Crippen molar-refractivity contribution in [3.63, 3.8) is 0 Å². The van der Waals surface area contributed by atoms with E-state index in [0.717, 1.165) is 10.6 Å². The van der Waals surface area contributed by atoms with Crippen LogP contribution in [0.15, 0.2) is 16.9 Å². The molecule has 1 aliphatic heterocycles. The van der Waals surface area contributed by atoms with Gasteiger partial charge in [-0.1, -0.05) is 0 Å². The Morgan fingerprint density at radius 1 is 1.60 bits per heavy atom. The predicted molar refractivity (Wildman–Crippen MR) is 46.9 cm³/mol. The molecular weight excluding hydrogens is 205 g/mol. The third kappa shape index (κ3) is 1.47. The van der Waals surface area contributed by atoms with E-state index < -0.39 is 17.6 Å². The summed E-state index contributed by atoms with van der Waals surface area (Å²) in [5, 5.41) is 9.16. The third-order valence-corrected chi connectivity index (χ3v) is 2.47. The Morgan fingerprint density at radius 3 is 3.00 bits per heavy atom. The molecule has 0 aliphatic carbocycles. The zero-order chi connectivity index (χ0) is 11.0. The molecule has 0 spiro atoms. The molecule has 1 aliphatic rings. The lowest BCUT2D eigenvalue weighted by Crippen LogP contribution is -2.27. The van der Waals surface area contributed by atoms with Crippen LogP contribution in [0.5, 0.6) is 5.75 Å². The van der Waals surface area contributed by atoms with E-state index in [1.165, 1.54) is 6.07 Å². The average Bonchev–Trinajstić information content (AvgIpc) is 2.60. The van der Waals surface area contributed by atoms with Crippen LogP contribution in [-0.4, -0.2) is 15.6 Å². The van der Waals surface area contributed by atoms with Crippen LogP contribution in [0.4, 0.5) is 4.53 Å². The monoisotopic (exact) mass is 213 g/mol. The van der Waals surface area contributed by atoms with Gasteiger partial charge in [-0.25, -0.2) is 4.79 Å². The molecule has 0 fully saturated rings. The fourth-order valence-electron chi connectivity index (χ4n) is 1.85. The van der Waals surface area contributed by atoms with Gasteiger partial charge in [0.2, 0.25) is 0 Å². The Balaban J connectivity index is 2.51. The number of carbonyl (C=O) groups is 1. The van der Waals surface area contributed by atoms with Crippen LogP contribution in [0.3, 0.4) is 0 Å². The summed E-state index contributed by atoms with van der Waals surface area (Å²) in [4.78, 5) is 25.5. The maximum Gasteiger partial charge on any atom is 0.371 e. The molecule has 0 amide bonds. The molecule has 0 aromatic carbocycles. The van der Waals surface area contributed by atoms with Crippen molar-refractivity contribution >= 4 is 5.97 Å². The summed E-state index contributed by atoms with van der Waals surface area (Å²) in [6, 6.07) is 1.44. The Hall–Kier alpha value is -1.85. The molecule has 0 bridgehead atoms. The molecule has 0 radical (unpaired) electrons. The van der Waals surface area contributed by atoms with Crippen LogP contribution in [0.1, 0.15) is 18.2 Å². The predicted octanol–water partition coefficient (Wildman–Crippen LogP) is 0.469. The smallest absolute Gasteiger partial charge is 0.371 e. The maximum absolute atomic E-state index is 11.7. The van der Waals surface area contributed by atoms with Crippen molar-refractivity contribution in [1.82, 2.24) is 4.57 Å². The van der Waals surface area contributed by atoms with Gasteiger partial charge in [0.25, 0.3) is 5.56 Å². The lowest BCUT2D eigenvalue weighted by atomic mass is 10.2. The minimum absolute atomic E-state index is 0.152. The van der Waals surface area contributed by atoms with Gasteiger partial charge in [0.15, 0.2) is 0 Å². The summed E-state index contributed by atoms with van der Waals surface area (Å²) in [6.45, 7) is 0. The van der Waals surface area contributed by atoms with Gasteiger partial charge in [0.05, 0.1) is 0 Å². The Kier molecular flexibility index (Phi) is 2.18. The fourth-order valence-corrected chi connectivity index (χ4v) is 1.85. The first-order valence-corrected chi connectivity index (χ1v) is 4.40. The molecule has 2 heterocycles. The molecule has 6 heteroatoms. The van der Waals surface area contributed by atoms with Gasteiger partial charge in [-0.3, -0.25) is 14.3 Å². The van der Waals surface area contributed by atoms with Crippen LogP contribution in [0.25, 0.3) is 0 Å². The van der Waals surface area contributed by atoms with Crippen molar-refractivity contribution in [2.24, 2.45) is 0 Å². The lowest BCUT2D eigenvalue weighted by molar-refractivity contribution is -0.187. The van der Waals surface area contributed by atoms with Gasteiger partial charge in [0, 0.05) is 16.3 Å². The molecule has 0 saturated carbocycles. The summed E-state index contributed by atoms with van der Waals surface area (Å²) in [5.74, 6) is -1.23. The zero-order valence-electron chi connectivity index (χ0n) is 7.64. The van der Waals surface area contributed by atoms with E-state index >= 15 is 0 Å². The van der Waals surface area contributed by atoms with Crippen molar-refractivity contribution in [3.8, 4) is 5.75 Å². The fraction of sp³-hybridized carbons (Fsp3) is 0.333. The number of aryl methyl sites for hydroxylation is 1. The zero-order valence-corrected chi connectivity index (χ0v) is 7.64. The second-order valence-corrected chi connectivity index (χ2v) is 3.36. The Labute approximate surface area is 83.6 Å². The Morgan fingerprint density at radius 2 is 2.33 bits per heavy atom. The molecule has 1 N–H and O–H groups in total. The van der Waals surface area contributed by atoms with Crippen LogP contribution in [0, 0.1) is 0 Å². The highest BCUT2D eigenvalue weighted by Crippen LogP contribution is 2.26. The first kappa shape index (κ1) is 9.70. The number of hydrogen-bond donors (Lipinski definition) is 1. The average molecular weight is 213 g/mol. The van der Waals surface area contributed by atoms with Gasteiger partial charge in [0.1, 0.15) is 11.8 Å². The second kappa shape index (κ2) is 3.38. The van der Waals surface area contributed by atoms with Gasteiger partial charge >= 0.3 is 5.97 Å². The van der Waals surface area contributed by atoms with Crippen molar-refractivity contribution in [2.45, 2.75) is 18.9 Å². The molecule has 80 valence electrons. The SMILES string of the molecule is O=C(OF)C1CCc2cc(O)cc(=O)n21. The van der Waals surface area contributed by atoms with E-state index in [1.54, 1.807) is 0 Å². The number of carbonyl (C=O) groups excluding carboxylic acids is 1. The molecule has 1 aromatic heterocycles. The Bertz CT molecular complexity index is 468. The quantitative estimate of drug-likeness (QED) is 0.736. The number of pyridine rings is 1. The molecule has 5 nitrogen and oxygen atoms in total. The van der Waals surface area contributed by atoms with Crippen LogP contribution in [-0.2, 0) is 16.2 Å². The summed E-state index contributed by atoms with van der Waals surface area (Å²) in [6.07, 6.45) is 0.741. The summed E-state index contributed by atoms with van der Waals surface area (Å²) in [7, 11) is 0. The number of aromatic hydroxyl groups is 1. The number of nitrogens with zero attached hydrogens (tertiary/aromatic N) is 1. The first-order valence-electron chi connectivity index (χ1n) is 4.40. The third-order valence-electron chi connectivity index (χ3n) is 2.47. The van der Waals surface area contributed by atoms with E-state index in [-0.39, 0.29) is 5.75 Å². The largest absolute Gasteiger partial charge is 0.508 e. The van der Waals surface area contributed by atoms with Crippen LogP contribution >= 0.6 is 0 Å². The summed E-state index contributed by atoms with van der Waals surface area (Å²) < 4.78 is 12.9. The summed E-state index contributed by atoms with van der Waals surface area (Å²) in [5.41, 5.74) is -0.0201. The van der Waals surface area contributed by atoms with Crippen LogP contribution in [0.2, 0.25) is 0 Å². The van der Waals surface area contributed by atoms with Gasteiger partial charge in [-0.15, -0.1) is 0 Å². The van der Waals surface area contributed by atoms with Gasteiger partial charge in [-0.2, -0.15) is 0 Å². The lowest BCUT2D eigenvalue weighted by Gasteiger charge is -2.09. The maximum atomic E-state index is 11.7. The van der Waals surface area contributed by atoms with Gasteiger partial charge < -0.3 is 5.11 Å². The van der Waals surface area contributed by atoms with Crippen LogP contribution < -0.4 is 5.56 Å². The van der Waals surface area contributed by atoms with E-state index in [4.69, 9.17) is 5.11 Å². The van der Waals surface area contributed by atoms with Crippen molar-refractivity contribution < 1.29 is 19.4 Å². The van der Waals surface area contributed by atoms with E-state index in [0.29, 0.717) is 18.5 Å². The molecule has 1 aromatic rings. The minimum Gasteiger partial charge on any atom is -0.508 e. The molecular formula is C9H8FNO4. The van der Waals surface area contributed by atoms with Crippen molar-refractivity contribution in [1.29, 1.82) is 0 Å². The van der Waals surface area contributed by atoms with E-state index in [9.17, 15) is 14.1 Å².